The summed E-state index contributed by atoms with van der Waals surface area (Å²) in [6.07, 6.45) is 2.46. The highest BCUT2D eigenvalue weighted by Crippen LogP contribution is 2.18. The van der Waals surface area contributed by atoms with E-state index in [1.165, 1.54) is 0 Å². The molecule has 2 N–H and O–H groups in total. The number of ketones is 1. The fraction of sp³-hybridized carbons (Fsp3) is 0.429. The quantitative estimate of drug-likeness (QED) is 0.781. The summed E-state index contributed by atoms with van der Waals surface area (Å²) in [6.45, 7) is 2.36. The van der Waals surface area contributed by atoms with Crippen LogP contribution < -0.4 is 10.6 Å². The second kappa shape index (κ2) is 5.67. The van der Waals surface area contributed by atoms with E-state index in [-0.39, 0.29) is 11.8 Å². The molecule has 0 atom stereocenters. The Balaban J connectivity index is 1.70. The number of urea groups is 1. The predicted molar refractivity (Wildman–Crippen MR) is 69.7 cm³/mol. The van der Waals surface area contributed by atoms with Gasteiger partial charge in [-0.25, -0.2) is 4.79 Å². The molecule has 18 heavy (non-hydrogen) atoms. The maximum Gasteiger partial charge on any atom is 0.315 e. The largest absolute Gasteiger partial charge is 0.338 e. The van der Waals surface area contributed by atoms with E-state index in [1.807, 2.05) is 31.2 Å². The summed E-state index contributed by atoms with van der Waals surface area (Å²) in [5, 5.41) is 5.51. The van der Waals surface area contributed by atoms with Crippen LogP contribution in [0.1, 0.15) is 35.2 Å². The Morgan fingerprint density at radius 3 is 2.50 bits per heavy atom. The molecule has 1 aromatic carbocycles. The summed E-state index contributed by atoms with van der Waals surface area (Å²) in [5.41, 5.74) is 1.83. The van der Waals surface area contributed by atoms with Crippen LogP contribution >= 0.6 is 0 Å². The third-order valence-electron chi connectivity index (χ3n) is 2.92. The van der Waals surface area contributed by atoms with E-state index in [0.29, 0.717) is 24.6 Å². The lowest BCUT2D eigenvalue weighted by Gasteiger charge is -2.06. The number of aryl methyl sites for hydroxylation is 1. The zero-order valence-corrected chi connectivity index (χ0v) is 10.5. The van der Waals surface area contributed by atoms with Gasteiger partial charge in [0.25, 0.3) is 0 Å². The Morgan fingerprint density at radius 1 is 1.22 bits per heavy atom. The molecule has 1 aliphatic rings. The van der Waals surface area contributed by atoms with Crippen molar-refractivity contribution >= 4 is 11.8 Å². The zero-order chi connectivity index (χ0) is 13.0. The van der Waals surface area contributed by atoms with Gasteiger partial charge >= 0.3 is 6.03 Å². The van der Waals surface area contributed by atoms with Gasteiger partial charge in [-0.15, -0.1) is 0 Å². The number of hydrogen-bond donors (Lipinski definition) is 2. The molecule has 0 radical (unpaired) electrons. The minimum atomic E-state index is -0.172. The normalized spacial score (nSPS) is 14.1. The first-order valence-electron chi connectivity index (χ1n) is 6.29. The highest BCUT2D eigenvalue weighted by atomic mass is 16.2. The second-order valence-corrected chi connectivity index (χ2v) is 4.71. The Kier molecular flexibility index (Phi) is 3.97. The molecule has 1 saturated carbocycles. The average Bonchev–Trinajstić information content (AvgIpc) is 3.13. The molecular weight excluding hydrogens is 228 g/mol. The van der Waals surface area contributed by atoms with Gasteiger partial charge in [0, 0.05) is 24.6 Å². The van der Waals surface area contributed by atoms with Gasteiger partial charge in [0.15, 0.2) is 5.78 Å². The first kappa shape index (κ1) is 12.6. The number of nitrogens with one attached hydrogen (secondary N) is 2. The van der Waals surface area contributed by atoms with Gasteiger partial charge in [0.05, 0.1) is 0 Å². The van der Waals surface area contributed by atoms with Crippen molar-refractivity contribution in [2.24, 2.45) is 0 Å². The van der Waals surface area contributed by atoms with Gasteiger partial charge in [0.1, 0.15) is 0 Å². The van der Waals surface area contributed by atoms with E-state index in [0.717, 1.165) is 18.4 Å². The average molecular weight is 246 g/mol. The van der Waals surface area contributed by atoms with Gasteiger partial charge in [0.2, 0.25) is 0 Å². The molecule has 1 aliphatic carbocycles. The minimum absolute atomic E-state index is 0.0571. The van der Waals surface area contributed by atoms with E-state index in [4.69, 9.17) is 0 Å². The first-order chi connectivity index (χ1) is 8.65. The molecule has 0 spiro atoms. The fourth-order valence-electron chi connectivity index (χ4n) is 1.64. The lowest BCUT2D eigenvalue weighted by molar-refractivity contribution is 0.0983. The Morgan fingerprint density at radius 2 is 1.89 bits per heavy atom. The van der Waals surface area contributed by atoms with Crippen LogP contribution in [0.2, 0.25) is 0 Å². The molecule has 0 unspecified atom stereocenters. The van der Waals surface area contributed by atoms with E-state index in [1.54, 1.807) is 0 Å². The van der Waals surface area contributed by atoms with Gasteiger partial charge in [-0.1, -0.05) is 29.8 Å². The number of Topliss-reactive ketones (excluding diaryl/α,β-unsaturated/α-hetero) is 1. The fourth-order valence-corrected chi connectivity index (χ4v) is 1.64. The number of hydrogen-bond acceptors (Lipinski definition) is 2. The summed E-state index contributed by atoms with van der Waals surface area (Å²) in [4.78, 5) is 23.1. The maximum atomic E-state index is 11.8. The van der Waals surface area contributed by atoms with Crippen LogP contribution in [0.25, 0.3) is 0 Å². The Labute approximate surface area is 107 Å². The molecule has 0 bridgehead atoms. The molecule has 4 heteroatoms. The lowest BCUT2D eigenvalue weighted by atomic mass is 10.1. The maximum absolute atomic E-state index is 11.8. The number of benzene rings is 1. The molecule has 2 rings (SSSR count). The topological polar surface area (TPSA) is 58.2 Å². The number of carbonyl (C=O) groups is 2. The van der Waals surface area contributed by atoms with Gasteiger partial charge in [-0.05, 0) is 19.8 Å². The molecule has 0 heterocycles. The Hall–Kier alpha value is -1.84. The van der Waals surface area contributed by atoms with Crippen molar-refractivity contribution in [2.45, 2.75) is 32.2 Å². The van der Waals surface area contributed by atoms with Gasteiger partial charge in [-0.2, -0.15) is 0 Å². The Bertz CT molecular complexity index is 436. The third-order valence-corrected chi connectivity index (χ3v) is 2.92. The lowest BCUT2D eigenvalue weighted by Crippen LogP contribution is -2.37. The first-order valence-corrected chi connectivity index (χ1v) is 6.29. The van der Waals surface area contributed by atoms with Crippen molar-refractivity contribution in [1.29, 1.82) is 0 Å². The number of rotatable bonds is 5. The van der Waals surface area contributed by atoms with Crippen molar-refractivity contribution in [1.82, 2.24) is 10.6 Å². The van der Waals surface area contributed by atoms with Crippen molar-refractivity contribution in [3.63, 3.8) is 0 Å². The smallest absolute Gasteiger partial charge is 0.315 e. The van der Waals surface area contributed by atoms with E-state index in [2.05, 4.69) is 10.6 Å². The van der Waals surface area contributed by atoms with Crippen molar-refractivity contribution in [3.05, 3.63) is 35.4 Å². The predicted octanol–water partition coefficient (Wildman–Crippen LogP) is 2.03. The van der Waals surface area contributed by atoms with Crippen LogP contribution in [0.15, 0.2) is 24.3 Å². The van der Waals surface area contributed by atoms with Crippen LogP contribution in [0.4, 0.5) is 4.79 Å². The summed E-state index contributed by atoms with van der Waals surface area (Å²) >= 11 is 0. The molecule has 2 amide bonds. The molecular formula is C14H18N2O2. The standard InChI is InChI=1S/C14H18N2O2/c1-10-2-4-11(5-3-10)13(17)8-9-15-14(18)16-12-6-7-12/h2-5,12H,6-9H2,1H3,(H2,15,16,18). The SMILES string of the molecule is Cc1ccc(C(=O)CCNC(=O)NC2CC2)cc1. The summed E-state index contributed by atoms with van der Waals surface area (Å²) in [5.74, 6) is 0.0571. The van der Waals surface area contributed by atoms with Gasteiger partial charge in [-0.3, -0.25) is 4.79 Å². The molecule has 0 aromatic heterocycles. The molecule has 1 fully saturated rings. The van der Waals surface area contributed by atoms with Gasteiger partial charge < -0.3 is 10.6 Å². The summed E-state index contributed by atoms with van der Waals surface area (Å²) in [7, 11) is 0. The third kappa shape index (κ3) is 3.87. The van der Waals surface area contributed by atoms with Crippen molar-refractivity contribution in [2.75, 3.05) is 6.54 Å². The highest BCUT2D eigenvalue weighted by Gasteiger charge is 2.22. The van der Waals surface area contributed by atoms with Crippen LogP contribution in [-0.2, 0) is 0 Å². The van der Waals surface area contributed by atoms with Crippen molar-refractivity contribution in [3.8, 4) is 0 Å². The van der Waals surface area contributed by atoms with E-state index >= 15 is 0 Å². The number of amides is 2. The summed E-state index contributed by atoms with van der Waals surface area (Å²) < 4.78 is 0. The monoisotopic (exact) mass is 246 g/mol. The molecule has 0 saturated heterocycles. The molecule has 4 nitrogen and oxygen atoms in total. The summed E-state index contributed by atoms with van der Waals surface area (Å²) in [6, 6.07) is 7.65. The zero-order valence-electron chi connectivity index (χ0n) is 10.5. The van der Waals surface area contributed by atoms with Crippen LogP contribution in [0, 0.1) is 6.92 Å². The van der Waals surface area contributed by atoms with Crippen LogP contribution in [-0.4, -0.2) is 24.4 Å². The number of carbonyl (C=O) groups excluding carboxylic acids is 2. The molecule has 1 aromatic rings. The van der Waals surface area contributed by atoms with E-state index < -0.39 is 0 Å². The molecule has 0 aliphatic heterocycles. The minimum Gasteiger partial charge on any atom is -0.338 e. The molecule has 96 valence electrons. The van der Waals surface area contributed by atoms with E-state index in [9.17, 15) is 9.59 Å². The highest BCUT2D eigenvalue weighted by molar-refractivity contribution is 5.96. The van der Waals surface area contributed by atoms with Crippen LogP contribution in [0.5, 0.6) is 0 Å². The second-order valence-electron chi connectivity index (χ2n) is 4.71. The van der Waals surface area contributed by atoms with Crippen molar-refractivity contribution < 1.29 is 9.59 Å². The van der Waals surface area contributed by atoms with Crippen LogP contribution in [0.3, 0.4) is 0 Å².